The van der Waals surface area contributed by atoms with Crippen LogP contribution in [0.1, 0.15) is 22.3 Å². The predicted molar refractivity (Wildman–Crippen MR) is 136 cm³/mol. The lowest BCUT2D eigenvalue weighted by atomic mass is 10.0. The molecule has 0 saturated carbocycles. The molecular weight excluding hydrogens is 474 g/mol. The summed E-state index contributed by atoms with van der Waals surface area (Å²) in [6, 6.07) is 17.7. The monoisotopic (exact) mass is 507 g/mol. The molecule has 174 valence electrons. The second-order valence-corrected chi connectivity index (χ2v) is 9.25. The average molecular weight is 509 g/mol. The molecule has 0 fully saturated rings. The third kappa shape index (κ3) is 4.65. The van der Waals surface area contributed by atoms with Crippen LogP contribution in [0, 0.1) is 20.8 Å². The van der Waals surface area contributed by atoms with E-state index in [9.17, 15) is 0 Å². The van der Waals surface area contributed by atoms with Crippen LogP contribution in [-0.2, 0) is 13.7 Å². The van der Waals surface area contributed by atoms with Crippen LogP contribution in [0.2, 0.25) is 0 Å². The molecule has 0 radical (unpaired) electrons. The van der Waals surface area contributed by atoms with E-state index in [2.05, 4.69) is 119 Å². The fourth-order valence-electron chi connectivity index (χ4n) is 4.55. The maximum Gasteiger partial charge on any atom is 0.218 e. The van der Waals surface area contributed by atoms with Crippen molar-refractivity contribution in [2.45, 2.75) is 27.4 Å². The highest BCUT2D eigenvalue weighted by Gasteiger charge is 2.21. The highest BCUT2D eigenvalue weighted by atomic mass is 79.9. The van der Waals surface area contributed by atoms with E-state index in [-0.39, 0.29) is 17.0 Å². The van der Waals surface area contributed by atoms with Crippen molar-refractivity contribution < 1.29 is 26.3 Å². The number of fused-ring (bicyclic) bond motifs is 2. The van der Waals surface area contributed by atoms with Crippen molar-refractivity contribution in [3.05, 3.63) is 70.8 Å². The van der Waals surface area contributed by atoms with Gasteiger partial charge in [-0.2, -0.15) is 4.57 Å². The molecular formula is C28H34BrN3O. The third-order valence-electron chi connectivity index (χ3n) is 6.41. The molecule has 4 nitrogen and oxygen atoms in total. The van der Waals surface area contributed by atoms with Gasteiger partial charge in [0.05, 0.1) is 10.8 Å². The molecule has 0 N–H and O–H groups in total. The van der Waals surface area contributed by atoms with Gasteiger partial charge in [0.15, 0.2) is 0 Å². The second-order valence-electron chi connectivity index (χ2n) is 9.25. The van der Waals surface area contributed by atoms with Crippen molar-refractivity contribution in [2.75, 3.05) is 38.0 Å². The fraction of sp³-hybridized carbons (Fsp3) is 0.321. The summed E-state index contributed by atoms with van der Waals surface area (Å²) in [4.78, 5) is 4.28. The fourth-order valence-corrected chi connectivity index (χ4v) is 4.55. The summed E-state index contributed by atoms with van der Waals surface area (Å²) in [5, 5.41) is 2.26. The summed E-state index contributed by atoms with van der Waals surface area (Å²) >= 11 is 0. The van der Waals surface area contributed by atoms with Crippen molar-refractivity contribution in [3.8, 4) is 5.75 Å². The number of rotatable bonds is 5. The molecule has 0 aliphatic carbocycles. The zero-order chi connectivity index (χ0) is 23.2. The van der Waals surface area contributed by atoms with Gasteiger partial charge in [0.25, 0.3) is 0 Å². The Balaban J connectivity index is 0.00000306. The number of ether oxygens (including phenoxy) is 1. The van der Waals surface area contributed by atoms with Gasteiger partial charge >= 0.3 is 0 Å². The van der Waals surface area contributed by atoms with Gasteiger partial charge in [-0.3, -0.25) is 0 Å². The first-order valence-electron chi connectivity index (χ1n) is 11.1. The Hall–Kier alpha value is -2.79. The van der Waals surface area contributed by atoms with Gasteiger partial charge in [0.2, 0.25) is 11.0 Å². The van der Waals surface area contributed by atoms with Crippen LogP contribution in [0.15, 0.2) is 48.5 Å². The topological polar surface area (TPSA) is 19.6 Å². The molecule has 4 rings (SSSR count). The Bertz CT molecular complexity index is 1240. The number of aromatic nitrogens is 1. The largest absolute Gasteiger partial charge is 1.00 e. The number of aryl methyl sites for hydroxylation is 4. The van der Waals surface area contributed by atoms with E-state index in [1.807, 2.05) is 0 Å². The lowest BCUT2D eigenvalue weighted by molar-refractivity contribution is -0.617. The van der Waals surface area contributed by atoms with Crippen molar-refractivity contribution in [2.24, 2.45) is 7.05 Å². The molecule has 0 bridgehead atoms. The van der Waals surface area contributed by atoms with Crippen molar-refractivity contribution in [1.29, 1.82) is 0 Å². The first-order chi connectivity index (χ1) is 15.2. The smallest absolute Gasteiger partial charge is 0.218 e. The summed E-state index contributed by atoms with van der Waals surface area (Å²) in [6.07, 6.45) is 0. The molecule has 0 unspecified atom stereocenters. The maximum atomic E-state index is 6.64. The first kappa shape index (κ1) is 24.8. The Morgan fingerprint density at radius 3 is 1.61 bits per heavy atom. The van der Waals surface area contributed by atoms with E-state index in [4.69, 9.17) is 4.74 Å². The molecule has 3 aromatic carbocycles. The highest BCUT2D eigenvalue weighted by Crippen LogP contribution is 2.36. The number of anilines is 2. The van der Waals surface area contributed by atoms with E-state index in [0.29, 0.717) is 6.61 Å². The second kappa shape index (κ2) is 9.60. The minimum absolute atomic E-state index is 0. The Labute approximate surface area is 208 Å². The minimum Gasteiger partial charge on any atom is -1.00 e. The van der Waals surface area contributed by atoms with E-state index in [1.54, 1.807) is 0 Å². The number of hydrogen-bond acceptors (Lipinski definition) is 3. The number of benzene rings is 3. The van der Waals surface area contributed by atoms with Crippen LogP contribution in [0.4, 0.5) is 11.4 Å². The number of nitrogens with zero attached hydrogens (tertiary/aromatic N) is 3. The lowest BCUT2D eigenvalue weighted by Gasteiger charge is -2.18. The molecule has 1 aromatic heterocycles. The molecule has 0 saturated heterocycles. The minimum atomic E-state index is 0. The first-order valence-corrected chi connectivity index (χ1v) is 11.1. The summed E-state index contributed by atoms with van der Waals surface area (Å²) in [6.45, 7) is 7.05. The predicted octanol–water partition coefficient (Wildman–Crippen LogP) is 2.46. The van der Waals surface area contributed by atoms with Crippen LogP contribution >= 0.6 is 0 Å². The quantitative estimate of drug-likeness (QED) is 0.305. The van der Waals surface area contributed by atoms with Gasteiger partial charge < -0.3 is 31.5 Å². The molecule has 4 aromatic rings. The summed E-state index contributed by atoms with van der Waals surface area (Å²) in [5.74, 6) is 0.947. The van der Waals surface area contributed by atoms with Crippen LogP contribution in [0.25, 0.3) is 21.8 Å². The van der Waals surface area contributed by atoms with E-state index in [0.717, 1.165) is 27.6 Å². The number of halogens is 1. The van der Waals surface area contributed by atoms with E-state index < -0.39 is 0 Å². The molecule has 1 heterocycles. The molecule has 5 heteroatoms. The zero-order valence-electron chi connectivity index (χ0n) is 21.0. The van der Waals surface area contributed by atoms with Crippen molar-refractivity contribution in [3.63, 3.8) is 0 Å². The van der Waals surface area contributed by atoms with Gasteiger partial charge in [0.1, 0.15) is 19.4 Å². The summed E-state index contributed by atoms with van der Waals surface area (Å²) in [5.41, 5.74) is 9.78. The molecule has 0 amide bonds. The Kier molecular flexibility index (Phi) is 7.23. The highest BCUT2D eigenvalue weighted by molar-refractivity contribution is 5.99. The van der Waals surface area contributed by atoms with Crippen LogP contribution in [-0.4, -0.2) is 28.2 Å². The Morgan fingerprint density at radius 2 is 1.18 bits per heavy atom. The van der Waals surface area contributed by atoms with Gasteiger partial charge in [0, 0.05) is 51.7 Å². The van der Waals surface area contributed by atoms with E-state index >= 15 is 0 Å². The number of pyridine rings is 1. The normalized spacial score (nSPS) is 10.9. The van der Waals surface area contributed by atoms with Crippen molar-refractivity contribution >= 4 is 33.2 Å². The summed E-state index contributed by atoms with van der Waals surface area (Å²) in [7, 11) is 10.4. The molecule has 33 heavy (non-hydrogen) atoms. The Morgan fingerprint density at radius 1 is 0.727 bits per heavy atom. The average Bonchev–Trinajstić information content (AvgIpc) is 2.74. The van der Waals surface area contributed by atoms with Gasteiger partial charge in [-0.05, 0) is 61.7 Å². The van der Waals surface area contributed by atoms with E-state index in [1.165, 1.54) is 33.6 Å². The molecule has 0 aliphatic heterocycles. The van der Waals surface area contributed by atoms with Crippen LogP contribution < -0.4 is 36.1 Å². The third-order valence-corrected chi connectivity index (χ3v) is 6.41. The van der Waals surface area contributed by atoms with Gasteiger partial charge in [-0.25, -0.2) is 0 Å². The van der Waals surface area contributed by atoms with Crippen LogP contribution in [0.3, 0.4) is 0 Å². The summed E-state index contributed by atoms with van der Waals surface area (Å²) < 4.78 is 8.91. The van der Waals surface area contributed by atoms with Gasteiger partial charge in [-0.1, -0.05) is 17.7 Å². The van der Waals surface area contributed by atoms with Crippen LogP contribution in [0.5, 0.6) is 5.75 Å². The zero-order valence-corrected chi connectivity index (χ0v) is 22.5. The SMILES string of the molecule is Cc1cc(C)c(COc2c3ccc(N(C)C)cc3[n+](C)c3cc(N(C)C)ccc23)c(C)c1.[Br-]. The molecule has 0 atom stereocenters. The molecule has 0 aliphatic rings. The number of hydrogen-bond donors (Lipinski definition) is 0. The van der Waals surface area contributed by atoms with Crippen molar-refractivity contribution in [1.82, 2.24) is 0 Å². The standard InChI is InChI=1S/C28H34N3O.BrH/c1-18-13-19(2)25(20(3)14-18)17-32-28-23-11-9-21(29(4)5)15-26(23)31(8)27-16-22(30(6)7)10-12-24(27)28;/h9-16H,17H2,1-8H3;1H/q+1;/p-1. The maximum absolute atomic E-state index is 6.64. The lowest BCUT2D eigenvalue weighted by Crippen LogP contribution is -3.00. The van der Waals surface area contributed by atoms with Gasteiger partial charge in [-0.15, -0.1) is 0 Å². The molecule has 0 spiro atoms.